The molecule has 1 amide bonds. The first-order chi connectivity index (χ1) is 10.3. The van der Waals surface area contributed by atoms with E-state index >= 15 is 0 Å². The number of nitrogens with one attached hydrogen (secondary N) is 2. The van der Waals surface area contributed by atoms with Crippen molar-refractivity contribution in [3.05, 3.63) is 41.3 Å². The van der Waals surface area contributed by atoms with Crippen LogP contribution in [0.1, 0.15) is 5.56 Å². The van der Waals surface area contributed by atoms with E-state index in [-0.39, 0.29) is 22.5 Å². The van der Waals surface area contributed by atoms with Crippen LogP contribution in [-0.4, -0.2) is 30.9 Å². The quantitative estimate of drug-likeness (QED) is 0.852. The summed E-state index contributed by atoms with van der Waals surface area (Å²) >= 11 is 5.89. The van der Waals surface area contributed by atoms with E-state index in [1.807, 2.05) is 0 Å². The second-order valence-corrected chi connectivity index (χ2v) is 6.56. The Morgan fingerprint density at radius 2 is 1.95 bits per heavy atom. The molecule has 0 radical (unpaired) electrons. The van der Waals surface area contributed by atoms with Crippen molar-refractivity contribution in [2.75, 3.05) is 11.8 Å². The third kappa shape index (κ3) is 3.58. The predicted octanol–water partition coefficient (Wildman–Crippen LogP) is 1.16. The maximum atomic E-state index is 12.2. The van der Waals surface area contributed by atoms with Crippen LogP contribution in [0.15, 0.2) is 35.6 Å². The molecule has 0 atom stereocenters. The molecule has 0 aliphatic rings. The summed E-state index contributed by atoms with van der Waals surface area (Å²) in [6, 6.07) is 6.50. The van der Waals surface area contributed by atoms with Crippen LogP contribution in [0.3, 0.4) is 0 Å². The zero-order chi connectivity index (χ0) is 16.3. The lowest BCUT2D eigenvalue weighted by molar-refractivity contribution is -0.119. The van der Waals surface area contributed by atoms with Crippen LogP contribution in [0.5, 0.6) is 0 Å². The topological polar surface area (TPSA) is 93.1 Å². The Bertz CT molecular complexity index is 784. The van der Waals surface area contributed by atoms with Gasteiger partial charge in [0.15, 0.2) is 0 Å². The maximum absolute atomic E-state index is 12.2. The van der Waals surface area contributed by atoms with Crippen molar-refractivity contribution >= 4 is 33.2 Å². The molecule has 0 fully saturated rings. The van der Waals surface area contributed by atoms with Gasteiger partial charge in [-0.05, 0) is 17.7 Å². The molecule has 7 nitrogen and oxygen atoms in total. The fourth-order valence-electron chi connectivity index (χ4n) is 1.74. The monoisotopic (exact) mass is 342 g/mol. The highest BCUT2D eigenvalue weighted by molar-refractivity contribution is 7.92. The molecular formula is C13H15ClN4O3S. The summed E-state index contributed by atoms with van der Waals surface area (Å²) in [4.78, 5) is 15.1. The number of amides is 1. The smallest absolute Gasteiger partial charge is 0.282 e. The van der Waals surface area contributed by atoms with E-state index in [9.17, 15) is 13.2 Å². The van der Waals surface area contributed by atoms with E-state index in [0.29, 0.717) is 5.69 Å². The molecule has 0 aliphatic heterocycles. The maximum Gasteiger partial charge on any atom is 0.282 e. The van der Waals surface area contributed by atoms with Crippen LogP contribution in [0, 0.1) is 0 Å². The van der Waals surface area contributed by atoms with Crippen LogP contribution in [0.4, 0.5) is 5.69 Å². The van der Waals surface area contributed by atoms with E-state index in [0.717, 1.165) is 5.56 Å². The van der Waals surface area contributed by atoms with E-state index in [2.05, 4.69) is 15.0 Å². The second kappa shape index (κ2) is 6.37. The van der Waals surface area contributed by atoms with Gasteiger partial charge in [0.1, 0.15) is 5.15 Å². The Morgan fingerprint density at radius 1 is 1.32 bits per heavy atom. The van der Waals surface area contributed by atoms with Crippen LogP contribution in [0.2, 0.25) is 5.15 Å². The first-order valence-corrected chi connectivity index (χ1v) is 8.19. The van der Waals surface area contributed by atoms with Gasteiger partial charge in [-0.1, -0.05) is 23.7 Å². The van der Waals surface area contributed by atoms with Gasteiger partial charge < -0.3 is 9.88 Å². The van der Waals surface area contributed by atoms with Crippen molar-refractivity contribution < 1.29 is 13.2 Å². The summed E-state index contributed by atoms with van der Waals surface area (Å²) in [6.07, 6.45) is 1.55. The minimum Gasteiger partial charge on any atom is -0.359 e. The number of nitrogens with zero attached hydrogens (tertiary/aromatic N) is 2. The van der Waals surface area contributed by atoms with Gasteiger partial charge >= 0.3 is 0 Å². The number of aryl methyl sites for hydroxylation is 1. The molecule has 0 bridgehead atoms. The standard InChI is InChI=1S/C13H15ClN4O3S/c1-15-11(19)7-9-3-5-10(6-4-9)17-22(20,21)13-12(14)18(2)8-16-13/h3-6,8,17H,7H2,1-2H3,(H,15,19). The fourth-order valence-corrected chi connectivity index (χ4v) is 3.23. The minimum atomic E-state index is -3.86. The summed E-state index contributed by atoms with van der Waals surface area (Å²) in [6.45, 7) is 0. The highest BCUT2D eigenvalue weighted by Crippen LogP contribution is 2.22. The van der Waals surface area contributed by atoms with Gasteiger partial charge in [-0.25, -0.2) is 4.98 Å². The molecule has 0 unspecified atom stereocenters. The van der Waals surface area contributed by atoms with Gasteiger partial charge in [0, 0.05) is 19.8 Å². The first kappa shape index (κ1) is 16.3. The van der Waals surface area contributed by atoms with Crippen molar-refractivity contribution in [2.45, 2.75) is 11.4 Å². The largest absolute Gasteiger partial charge is 0.359 e. The zero-order valence-corrected chi connectivity index (χ0v) is 13.6. The number of carbonyl (C=O) groups excluding carboxylic acids is 1. The molecule has 0 aliphatic carbocycles. The number of imidazole rings is 1. The van der Waals surface area contributed by atoms with Crippen molar-refractivity contribution in [3.63, 3.8) is 0 Å². The molecule has 118 valence electrons. The lowest BCUT2D eigenvalue weighted by atomic mass is 10.1. The molecule has 2 rings (SSSR count). The molecule has 1 aromatic carbocycles. The number of hydrogen-bond donors (Lipinski definition) is 2. The highest BCUT2D eigenvalue weighted by Gasteiger charge is 2.22. The number of hydrogen-bond acceptors (Lipinski definition) is 4. The van der Waals surface area contributed by atoms with Crippen LogP contribution < -0.4 is 10.0 Å². The summed E-state index contributed by atoms with van der Waals surface area (Å²) in [5.41, 5.74) is 1.14. The minimum absolute atomic E-state index is 0.0312. The number of carbonyl (C=O) groups is 1. The van der Waals surface area contributed by atoms with Gasteiger partial charge in [-0.15, -0.1) is 0 Å². The Morgan fingerprint density at radius 3 is 2.45 bits per heavy atom. The van der Waals surface area contributed by atoms with E-state index in [4.69, 9.17) is 11.6 Å². The average Bonchev–Trinajstić information content (AvgIpc) is 2.81. The van der Waals surface area contributed by atoms with E-state index in [1.54, 1.807) is 38.4 Å². The summed E-state index contributed by atoms with van der Waals surface area (Å²) in [5.74, 6) is -0.117. The molecule has 0 spiro atoms. The fraction of sp³-hybridized carbons (Fsp3) is 0.231. The number of aromatic nitrogens is 2. The van der Waals surface area contributed by atoms with Crippen LogP contribution in [0.25, 0.3) is 0 Å². The molecule has 2 aromatic rings. The number of halogens is 1. The summed E-state index contributed by atoms with van der Waals surface area (Å²) in [5, 5.41) is 2.32. The Balaban J connectivity index is 2.16. The molecule has 1 aromatic heterocycles. The SMILES string of the molecule is CNC(=O)Cc1ccc(NS(=O)(=O)c2ncn(C)c2Cl)cc1. The Labute approximate surface area is 133 Å². The van der Waals surface area contributed by atoms with Gasteiger partial charge in [0.05, 0.1) is 12.7 Å². The van der Waals surface area contributed by atoms with Gasteiger partial charge in [0.25, 0.3) is 10.0 Å². The zero-order valence-electron chi connectivity index (χ0n) is 12.0. The summed E-state index contributed by atoms with van der Waals surface area (Å²) < 4.78 is 28.2. The lowest BCUT2D eigenvalue weighted by Crippen LogP contribution is -2.19. The second-order valence-electron chi connectivity index (χ2n) is 4.60. The first-order valence-electron chi connectivity index (χ1n) is 6.32. The van der Waals surface area contributed by atoms with Gasteiger partial charge in [-0.3, -0.25) is 9.52 Å². The Kier molecular flexibility index (Phi) is 4.72. The predicted molar refractivity (Wildman–Crippen MR) is 83.2 cm³/mol. The number of sulfonamides is 1. The number of benzene rings is 1. The molecule has 0 saturated carbocycles. The van der Waals surface area contributed by atoms with Crippen molar-refractivity contribution in [1.82, 2.24) is 14.9 Å². The van der Waals surface area contributed by atoms with Crippen molar-refractivity contribution in [3.8, 4) is 0 Å². The molecule has 9 heteroatoms. The number of anilines is 1. The Hall–Kier alpha value is -2.06. The van der Waals surface area contributed by atoms with Crippen LogP contribution in [-0.2, 0) is 28.3 Å². The normalized spacial score (nSPS) is 11.2. The number of likely N-dealkylation sites (N-methyl/N-ethyl adjacent to an activating group) is 1. The third-order valence-electron chi connectivity index (χ3n) is 2.94. The van der Waals surface area contributed by atoms with Crippen molar-refractivity contribution in [2.24, 2.45) is 7.05 Å². The molecule has 0 saturated heterocycles. The number of rotatable bonds is 5. The average molecular weight is 343 g/mol. The van der Waals surface area contributed by atoms with Gasteiger partial charge in [-0.2, -0.15) is 8.42 Å². The van der Waals surface area contributed by atoms with Crippen LogP contribution >= 0.6 is 11.6 Å². The molecule has 1 heterocycles. The summed E-state index contributed by atoms with van der Waals surface area (Å²) in [7, 11) is -0.701. The van der Waals surface area contributed by atoms with E-state index < -0.39 is 10.0 Å². The van der Waals surface area contributed by atoms with Crippen molar-refractivity contribution in [1.29, 1.82) is 0 Å². The molecular weight excluding hydrogens is 328 g/mol. The molecule has 2 N–H and O–H groups in total. The van der Waals surface area contributed by atoms with E-state index in [1.165, 1.54) is 10.9 Å². The third-order valence-corrected chi connectivity index (χ3v) is 4.81. The van der Waals surface area contributed by atoms with Gasteiger partial charge in [0.2, 0.25) is 10.9 Å². The lowest BCUT2D eigenvalue weighted by Gasteiger charge is -2.07. The molecule has 22 heavy (non-hydrogen) atoms. The highest BCUT2D eigenvalue weighted by atomic mass is 35.5.